The molecule has 3 aromatic rings. The van der Waals surface area contributed by atoms with E-state index in [0.717, 1.165) is 62.8 Å². The van der Waals surface area contributed by atoms with Crippen molar-refractivity contribution in [2.45, 2.75) is 63.2 Å². The lowest BCUT2D eigenvalue weighted by Crippen LogP contribution is -2.23. The second-order valence-electron chi connectivity index (χ2n) is 10.2. The topological polar surface area (TPSA) is 82.9 Å². The van der Waals surface area contributed by atoms with Crippen LogP contribution in [0.25, 0.3) is 0 Å². The summed E-state index contributed by atoms with van der Waals surface area (Å²) in [4.78, 5) is 25.1. The Morgan fingerprint density at radius 1 is 0.526 bits per heavy atom. The molecule has 0 unspecified atom stereocenters. The number of benzene rings is 3. The molecule has 38 heavy (non-hydrogen) atoms. The predicted molar refractivity (Wildman–Crippen MR) is 152 cm³/mol. The van der Waals surface area contributed by atoms with Gasteiger partial charge in [0.05, 0.1) is 0 Å². The largest absolute Gasteiger partial charge is 0.271 e. The van der Waals surface area contributed by atoms with Crippen molar-refractivity contribution in [3.63, 3.8) is 0 Å². The van der Waals surface area contributed by atoms with Gasteiger partial charge in [0.2, 0.25) is 0 Å². The number of hydrogen-bond acceptors (Lipinski definition) is 4. The van der Waals surface area contributed by atoms with Crippen molar-refractivity contribution < 1.29 is 9.59 Å². The molecule has 6 nitrogen and oxygen atoms in total. The van der Waals surface area contributed by atoms with Gasteiger partial charge in [-0.3, -0.25) is 9.59 Å². The highest BCUT2D eigenvalue weighted by atomic mass is 16.2. The van der Waals surface area contributed by atoms with Gasteiger partial charge in [0.15, 0.2) is 0 Å². The Kier molecular flexibility index (Phi) is 8.39. The third kappa shape index (κ3) is 6.62. The number of hydrazone groups is 2. The monoisotopic (exact) mass is 506 g/mol. The maximum absolute atomic E-state index is 12.6. The van der Waals surface area contributed by atoms with E-state index in [9.17, 15) is 9.59 Å². The molecule has 5 rings (SSSR count). The second-order valence-corrected chi connectivity index (χ2v) is 10.2. The SMILES string of the molecule is O=C(NN=C1CCC(c2ccccc2)CC1)c1ccc(C(=O)NN=C2CCC(c3ccccc3)CC2)cc1. The summed E-state index contributed by atoms with van der Waals surface area (Å²) < 4.78 is 0. The van der Waals surface area contributed by atoms with Crippen LogP contribution >= 0.6 is 0 Å². The van der Waals surface area contributed by atoms with Crippen molar-refractivity contribution in [3.05, 3.63) is 107 Å². The van der Waals surface area contributed by atoms with Gasteiger partial charge in [-0.25, -0.2) is 10.9 Å². The van der Waals surface area contributed by atoms with E-state index in [1.807, 2.05) is 12.1 Å². The number of carbonyl (C=O) groups excluding carboxylic acids is 2. The first-order chi connectivity index (χ1) is 18.7. The molecule has 0 radical (unpaired) electrons. The number of hydrogen-bond donors (Lipinski definition) is 2. The fourth-order valence-electron chi connectivity index (χ4n) is 5.40. The Hall–Kier alpha value is -4.06. The van der Waals surface area contributed by atoms with Gasteiger partial charge in [-0.2, -0.15) is 10.2 Å². The molecule has 2 amide bonds. The molecule has 0 saturated heterocycles. The summed E-state index contributed by atoms with van der Waals surface area (Å²) in [5.74, 6) is 0.563. The van der Waals surface area contributed by atoms with Crippen LogP contribution in [0.15, 0.2) is 95.1 Å². The quantitative estimate of drug-likeness (QED) is 0.371. The maximum Gasteiger partial charge on any atom is 0.271 e. The van der Waals surface area contributed by atoms with Gasteiger partial charge in [0.25, 0.3) is 11.8 Å². The number of nitrogens with zero attached hydrogens (tertiary/aromatic N) is 2. The van der Waals surface area contributed by atoms with Gasteiger partial charge in [-0.1, -0.05) is 60.7 Å². The summed E-state index contributed by atoms with van der Waals surface area (Å²) in [6, 6.07) is 27.7. The van der Waals surface area contributed by atoms with E-state index in [4.69, 9.17) is 0 Å². The van der Waals surface area contributed by atoms with Crippen LogP contribution in [0.1, 0.15) is 95.0 Å². The molecule has 3 aromatic carbocycles. The molecule has 2 fully saturated rings. The van der Waals surface area contributed by atoms with Gasteiger partial charge in [-0.05, 0) is 98.6 Å². The highest BCUT2D eigenvalue weighted by Crippen LogP contribution is 2.32. The molecule has 2 saturated carbocycles. The second kappa shape index (κ2) is 12.5. The van der Waals surface area contributed by atoms with Crippen LogP contribution in [-0.2, 0) is 0 Å². The van der Waals surface area contributed by atoms with Crippen LogP contribution in [0.5, 0.6) is 0 Å². The molecule has 0 bridgehead atoms. The van der Waals surface area contributed by atoms with Gasteiger partial charge in [-0.15, -0.1) is 0 Å². The van der Waals surface area contributed by atoms with E-state index in [2.05, 4.69) is 69.6 Å². The molecule has 2 aliphatic carbocycles. The summed E-state index contributed by atoms with van der Waals surface area (Å²) in [5.41, 5.74) is 11.1. The molecular formula is C32H34N4O2. The van der Waals surface area contributed by atoms with Crippen LogP contribution in [0.3, 0.4) is 0 Å². The number of carbonyl (C=O) groups is 2. The average Bonchev–Trinajstić information content (AvgIpc) is 3.00. The highest BCUT2D eigenvalue weighted by molar-refractivity contribution is 5.99. The van der Waals surface area contributed by atoms with Crippen molar-refractivity contribution in [1.29, 1.82) is 0 Å². The lowest BCUT2D eigenvalue weighted by atomic mass is 9.83. The minimum absolute atomic E-state index is 0.273. The molecule has 2 N–H and O–H groups in total. The highest BCUT2D eigenvalue weighted by Gasteiger charge is 2.20. The van der Waals surface area contributed by atoms with Crippen LogP contribution in [0.4, 0.5) is 0 Å². The van der Waals surface area contributed by atoms with Crippen LogP contribution < -0.4 is 10.9 Å². The van der Waals surface area contributed by atoms with Crippen LogP contribution in [0.2, 0.25) is 0 Å². The molecule has 0 aliphatic heterocycles. The van der Waals surface area contributed by atoms with Crippen molar-refractivity contribution in [2.75, 3.05) is 0 Å². The van der Waals surface area contributed by atoms with Crippen LogP contribution in [-0.4, -0.2) is 23.2 Å². The van der Waals surface area contributed by atoms with E-state index in [-0.39, 0.29) is 11.8 Å². The normalized spacial score (nSPS) is 19.4. The van der Waals surface area contributed by atoms with Gasteiger partial charge in [0.1, 0.15) is 0 Å². The van der Waals surface area contributed by atoms with Crippen molar-refractivity contribution >= 4 is 23.2 Å². The Morgan fingerprint density at radius 3 is 1.21 bits per heavy atom. The molecule has 0 spiro atoms. The first kappa shape index (κ1) is 25.6. The summed E-state index contributed by atoms with van der Waals surface area (Å²) >= 11 is 0. The molecule has 0 aromatic heterocycles. The molecule has 0 heterocycles. The summed E-state index contributed by atoms with van der Waals surface area (Å²) in [7, 11) is 0. The average molecular weight is 507 g/mol. The fourth-order valence-corrected chi connectivity index (χ4v) is 5.40. The number of amides is 2. The molecule has 0 atom stereocenters. The molecule has 2 aliphatic rings. The number of nitrogens with one attached hydrogen (secondary N) is 2. The third-order valence-corrected chi connectivity index (χ3v) is 7.71. The summed E-state index contributed by atoms with van der Waals surface area (Å²) in [6.07, 6.45) is 7.70. The number of rotatable bonds is 6. The van der Waals surface area contributed by atoms with E-state index in [0.29, 0.717) is 23.0 Å². The third-order valence-electron chi connectivity index (χ3n) is 7.71. The maximum atomic E-state index is 12.6. The van der Waals surface area contributed by atoms with E-state index < -0.39 is 0 Å². The standard InChI is InChI=1S/C32H34N4O2/c37-31(35-33-29-19-15-25(16-20-29)23-7-3-1-4-8-23)27-11-13-28(14-12-27)32(38)36-34-30-21-17-26(18-22-30)24-9-5-2-6-10-24/h1-14,25-26H,15-22H2,(H,35,37)(H,36,38). The van der Waals surface area contributed by atoms with E-state index in [1.165, 1.54) is 11.1 Å². The molecule has 194 valence electrons. The van der Waals surface area contributed by atoms with E-state index in [1.54, 1.807) is 24.3 Å². The van der Waals surface area contributed by atoms with Gasteiger partial charge >= 0.3 is 0 Å². The minimum atomic E-state index is -0.273. The Morgan fingerprint density at radius 2 is 0.868 bits per heavy atom. The van der Waals surface area contributed by atoms with E-state index >= 15 is 0 Å². The minimum Gasteiger partial charge on any atom is -0.267 e. The zero-order valence-corrected chi connectivity index (χ0v) is 21.6. The summed E-state index contributed by atoms with van der Waals surface area (Å²) in [6.45, 7) is 0. The Balaban J connectivity index is 1.07. The molecular weight excluding hydrogens is 472 g/mol. The zero-order valence-electron chi connectivity index (χ0n) is 21.6. The molecule has 6 heteroatoms. The Bertz CT molecular complexity index is 1180. The van der Waals surface area contributed by atoms with Crippen molar-refractivity contribution in [1.82, 2.24) is 10.9 Å². The van der Waals surface area contributed by atoms with Crippen molar-refractivity contribution in [2.24, 2.45) is 10.2 Å². The first-order valence-electron chi connectivity index (χ1n) is 13.6. The summed E-state index contributed by atoms with van der Waals surface area (Å²) in [5, 5.41) is 8.74. The Labute approximate surface area is 224 Å². The van der Waals surface area contributed by atoms with Gasteiger partial charge < -0.3 is 0 Å². The smallest absolute Gasteiger partial charge is 0.267 e. The fraction of sp³-hybridized carbons (Fsp3) is 0.312. The first-order valence-corrected chi connectivity index (χ1v) is 13.6. The van der Waals surface area contributed by atoms with Gasteiger partial charge in [0, 0.05) is 22.6 Å². The zero-order chi connectivity index (χ0) is 26.2. The van der Waals surface area contributed by atoms with Crippen LogP contribution in [0, 0.1) is 0 Å². The lowest BCUT2D eigenvalue weighted by molar-refractivity contribution is 0.0943. The predicted octanol–water partition coefficient (Wildman–Crippen LogP) is 6.57. The van der Waals surface area contributed by atoms with Crippen molar-refractivity contribution in [3.8, 4) is 0 Å². The lowest BCUT2D eigenvalue weighted by Gasteiger charge is -2.23.